The van der Waals surface area contributed by atoms with Crippen LogP contribution >= 0.6 is 0 Å². The Labute approximate surface area is 195 Å². The van der Waals surface area contributed by atoms with Gasteiger partial charge in [-0.25, -0.2) is 8.42 Å². The number of carbonyl (C=O) groups is 1. The number of hydrogen-bond acceptors (Lipinski definition) is 4. The number of hydrogen-bond donors (Lipinski definition) is 1. The van der Waals surface area contributed by atoms with E-state index in [0.29, 0.717) is 43.2 Å². The first-order valence-corrected chi connectivity index (χ1v) is 12.6. The molecule has 0 saturated carbocycles. The molecule has 6 nitrogen and oxygen atoms in total. The van der Waals surface area contributed by atoms with Gasteiger partial charge in [-0.2, -0.15) is 4.31 Å². The highest BCUT2D eigenvalue weighted by Crippen LogP contribution is 2.18. The number of amides is 1. The van der Waals surface area contributed by atoms with Gasteiger partial charge in [-0.3, -0.25) is 9.69 Å². The highest BCUT2D eigenvalue weighted by atomic mass is 32.2. The molecule has 1 N–H and O–H groups in total. The number of carbonyl (C=O) groups excluding carboxylic acids is 1. The predicted molar refractivity (Wildman–Crippen MR) is 129 cm³/mol. The first-order chi connectivity index (χ1) is 16.0. The monoisotopic (exact) mass is 463 g/mol. The largest absolute Gasteiger partial charge is 0.352 e. The fourth-order valence-electron chi connectivity index (χ4n) is 3.96. The van der Waals surface area contributed by atoms with Crippen LogP contribution in [0.5, 0.6) is 0 Å². The summed E-state index contributed by atoms with van der Waals surface area (Å²) in [6.45, 7) is 3.62. The molecule has 0 aliphatic carbocycles. The van der Waals surface area contributed by atoms with Crippen molar-refractivity contribution in [3.8, 4) is 0 Å². The van der Waals surface area contributed by atoms with Gasteiger partial charge >= 0.3 is 0 Å². The number of benzene rings is 3. The SMILES string of the molecule is O=C(NCCc1ccccc1)c1ccc(CN2CCN(S(=O)(=O)c3ccccc3)CC2)cc1. The number of piperazine rings is 1. The molecule has 0 atom stereocenters. The zero-order chi connectivity index (χ0) is 23.1. The molecule has 0 aromatic heterocycles. The van der Waals surface area contributed by atoms with Crippen molar-refractivity contribution in [2.24, 2.45) is 0 Å². The molecule has 3 aromatic rings. The summed E-state index contributed by atoms with van der Waals surface area (Å²) in [5.41, 5.74) is 2.95. The Balaban J connectivity index is 1.24. The van der Waals surface area contributed by atoms with Crippen molar-refractivity contribution >= 4 is 15.9 Å². The van der Waals surface area contributed by atoms with Gasteiger partial charge < -0.3 is 5.32 Å². The zero-order valence-corrected chi connectivity index (χ0v) is 19.4. The van der Waals surface area contributed by atoms with E-state index < -0.39 is 10.0 Å². The molecule has 0 spiro atoms. The number of sulfonamides is 1. The quantitative estimate of drug-likeness (QED) is 0.557. The molecule has 33 heavy (non-hydrogen) atoms. The van der Waals surface area contributed by atoms with Crippen LogP contribution < -0.4 is 5.32 Å². The minimum Gasteiger partial charge on any atom is -0.352 e. The van der Waals surface area contributed by atoms with Gasteiger partial charge in [-0.15, -0.1) is 0 Å². The lowest BCUT2D eigenvalue weighted by atomic mass is 10.1. The van der Waals surface area contributed by atoms with Gasteiger partial charge in [0.1, 0.15) is 0 Å². The average Bonchev–Trinajstić information content (AvgIpc) is 2.86. The van der Waals surface area contributed by atoms with Crippen molar-refractivity contribution in [2.75, 3.05) is 32.7 Å². The highest BCUT2D eigenvalue weighted by Gasteiger charge is 2.28. The van der Waals surface area contributed by atoms with Crippen molar-refractivity contribution in [1.29, 1.82) is 0 Å². The summed E-state index contributed by atoms with van der Waals surface area (Å²) in [4.78, 5) is 15.0. The van der Waals surface area contributed by atoms with Gasteiger partial charge in [-0.1, -0.05) is 60.7 Å². The van der Waals surface area contributed by atoms with Crippen molar-refractivity contribution in [3.63, 3.8) is 0 Å². The average molecular weight is 464 g/mol. The van der Waals surface area contributed by atoms with E-state index in [1.807, 2.05) is 48.5 Å². The third kappa shape index (κ3) is 6.07. The molecule has 4 rings (SSSR count). The van der Waals surface area contributed by atoms with Crippen molar-refractivity contribution < 1.29 is 13.2 Å². The topological polar surface area (TPSA) is 69.7 Å². The maximum absolute atomic E-state index is 12.8. The van der Waals surface area contributed by atoms with Gasteiger partial charge in [0, 0.05) is 44.8 Å². The Hall–Kier alpha value is -3.00. The van der Waals surface area contributed by atoms with Gasteiger partial charge in [0.2, 0.25) is 10.0 Å². The normalized spacial score (nSPS) is 15.3. The molecule has 172 valence electrons. The number of nitrogens with zero attached hydrogens (tertiary/aromatic N) is 2. The molecule has 0 radical (unpaired) electrons. The molecule has 0 bridgehead atoms. The summed E-state index contributed by atoms with van der Waals surface area (Å²) in [6.07, 6.45) is 0.802. The lowest BCUT2D eigenvalue weighted by Crippen LogP contribution is -2.48. The minimum atomic E-state index is -3.44. The van der Waals surface area contributed by atoms with E-state index in [1.54, 1.807) is 28.6 Å². The fraction of sp³-hybridized carbons (Fsp3) is 0.269. The standard InChI is InChI=1S/C26H29N3O3S/c30-26(27-16-15-22-7-3-1-4-8-22)24-13-11-23(12-14-24)21-28-17-19-29(20-18-28)33(31,32)25-9-5-2-6-10-25/h1-14H,15-21H2,(H,27,30). The van der Waals surface area contributed by atoms with Crippen LogP contribution in [0, 0.1) is 0 Å². The molecule has 1 aliphatic rings. The second kappa shape index (κ2) is 10.7. The second-order valence-electron chi connectivity index (χ2n) is 8.18. The summed E-state index contributed by atoms with van der Waals surface area (Å²) in [5, 5.41) is 2.97. The maximum Gasteiger partial charge on any atom is 0.251 e. The molecule has 7 heteroatoms. The molecule has 1 amide bonds. The van der Waals surface area contributed by atoms with E-state index in [2.05, 4.69) is 22.3 Å². The molecule has 1 heterocycles. The van der Waals surface area contributed by atoms with Crippen LogP contribution in [0.1, 0.15) is 21.5 Å². The highest BCUT2D eigenvalue weighted by molar-refractivity contribution is 7.89. The molecule has 0 unspecified atom stereocenters. The first-order valence-electron chi connectivity index (χ1n) is 11.2. The second-order valence-corrected chi connectivity index (χ2v) is 10.1. The molecular weight excluding hydrogens is 434 g/mol. The summed E-state index contributed by atoms with van der Waals surface area (Å²) in [7, 11) is -3.44. The number of nitrogens with one attached hydrogen (secondary N) is 1. The fourth-order valence-corrected chi connectivity index (χ4v) is 5.40. The smallest absolute Gasteiger partial charge is 0.251 e. The third-order valence-electron chi connectivity index (χ3n) is 5.88. The van der Waals surface area contributed by atoms with Crippen LogP contribution in [0.15, 0.2) is 89.8 Å². The van der Waals surface area contributed by atoms with Gasteiger partial charge in [0.25, 0.3) is 5.91 Å². The van der Waals surface area contributed by atoms with Crippen molar-refractivity contribution in [2.45, 2.75) is 17.9 Å². The van der Waals surface area contributed by atoms with Crippen LogP contribution in [-0.4, -0.2) is 56.3 Å². The van der Waals surface area contributed by atoms with Crippen LogP contribution in [0.4, 0.5) is 0 Å². The molecular formula is C26H29N3O3S. The zero-order valence-electron chi connectivity index (χ0n) is 18.6. The number of rotatable bonds is 8. The summed E-state index contributed by atoms with van der Waals surface area (Å²) >= 11 is 0. The first kappa shape index (κ1) is 23.2. The van der Waals surface area contributed by atoms with Crippen LogP contribution in [0.3, 0.4) is 0 Å². The Bertz CT molecular complexity index is 1140. The summed E-state index contributed by atoms with van der Waals surface area (Å²) < 4.78 is 27.1. The van der Waals surface area contributed by atoms with Gasteiger partial charge in [-0.05, 0) is 41.8 Å². The van der Waals surface area contributed by atoms with Crippen LogP contribution in [0.2, 0.25) is 0 Å². The van der Waals surface area contributed by atoms with E-state index in [1.165, 1.54) is 5.56 Å². The lowest BCUT2D eigenvalue weighted by molar-refractivity contribution is 0.0954. The molecule has 1 saturated heterocycles. The van der Waals surface area contributed by atoms with Gasteiger partial charge in [0.05, 0.1) is 4.90 Å². The predicted octanol–water partition coefficient (Wildman–Crippen LogP) is 3.17. The van der Waals surface area contributed by atoms with E-state index in [0.717, 1.165) is 18.5 Å². The van der Waals surface area contributed by atoms with E-state index in [-0.39, 0.29) is 5.91 Å². The Morgan fingerprint density at radius 3 is 2.00 bits per heavy atom. The van der Waals surface area contributed by atoms with Crippen LogP contribution in [-0.2, 0) is 23.0 Å². The molecule has 3 aromatic carbocycles. The lowest BCUT2D eigenvalue weighted by Gasteiger charge is -2.34. The van der Waals surface area contributed by atoms with Gasteiger partial charge in [0.15, 0.2) is 0 Å². The van der Waals surface area contributed by atoms with Crippen molar-refractivity contribution in [1.82, 2.24) is 14.5 Å². The third-order valence-corrected chi connectivity index (χ3v) is 7.79. The Morgan fingerprint density at radius 1 is 0.758 bits per heavy atom. The summed E-state index contributed by atoms with van der Waals surface area (Å²) in [5.74, 6) is -0.0720. The van der Waals surface area contributed by atoms with E-state index in [4.69, 9.17) is 0 Å². The minimum absolute atomic E-state index is 0.0720. The van der Waals surface area contributed by atoms with E-state index >= 15 is 0 Å². The molecule has 1 aliphatic heterocycles. The maximum atomic E-state index is 12.8. The Morgan fingerprint density at radius 2 is 1.36 bits per heavy atom. The summed E-state index contributed by atoms with van der Waals surface area (Å²) in [6, 6.07) is 26.3. The Kier molecular flexibility index (Phi) is 7.54. The van der Waals surface area contributed by atoms with E-state index in [9.17, 15) is 13.2 Å². The molecule has 1 fully saturated rings. The van der Waals surface area contributed by atoms with Crippen LogP contribution in [0.25, 0.3) is 0 Å². The van der Waals surface area contributed by atoms with Crippen molar-refractivity contribution in [3.05, 3.63) is 102 Å².